The Hall–Kier alpha value is -4.22. The molecule has 0 saturated heterocycles. The predicted molar refractivity (Wildman–Crippen MR) is 123 cm³/mol. The van der Waals surface area contributed by atoms with Gasteiger partial charge < -0.3 is 20.3 Å². The number of hydrogen-bond donors (Lipinski definition) is 3. The summed E-state index contributed by atoms with van der Waals surface area (Å²) in [5.74, 6) is -4.11. The molecule has 0 radical (unpaired) electrons. The molecule has 0 saturated carbocycles. The molecule has 1 aromatic carbocycles. The highest BCUT2D eigenvalue weighted by atomic mass is 19.4. The zero-order chi connectivity index (χ0) is 26.6. The molecule has 3 aromatic rings. The van der Waals surface area contributed by atoms with Crippen LogP contribution in [0.5, 0.6) is 0 Å². The van der Waals surface area contributed by atoms with Gasteiger partial charge in [0.2, 0.25) is 0 Å². The first kappa shape index (κ1) is 26.4. The number of H-pyrrole nitrogens is 1. The van der Waals surface area contributed by atoms with Crippen LogP contribution in [0.1, 0.15) is 27.3 Å². The van der Waals surface area contributed by atoms with Crippen molar-refractivity contribution in [2.75, 3.05) is 25.5 Å². The second kappa shape index (κ2) is 10.6. The number of anilines is 1. The second-order valence-electron chi connectivity index (χ2n) is 7.90. The lowest BCUT2D eigenvalue weighted by atomic mass is 10.1. The van der Waals surface area contributed by atoms with E-state index in [1.807, 2.05) is 12.1 Å². The van der Waals surface area contributed by atoms with E-state index in [4.69, 9.17) is 9.90 Å². The van der Waals surface area contributed by atoms with E-state index in [-0.39, 0.29) is 11.5 Å². The van der Waals surface area contributed by atoms with Gasteiger partial charge in [0.1, 0.15) is 11.6 Å². The molecule has 3 N–H and O–H groups in total. The molecule has 2 aromatic heterocycles. The average molecular weight is 508 g/mol. The van der Waals surface area contributed by atoms with Crippen molar-refractivity contribution in [1.82, 2.24) is 15.3 Å². The van der Waals surface area contributed by atoms with E-state index in [1.165, 1.54) is 18.2 Å². The fourth-order valence-electron chi connectivity index (χ4n) is 3.31. The summed E-state index contributed by atoms with van der Waals surface area (Å²) in [6.45, 7) is 0.611. The molecular formula is C24H21F5N4O3. The third-order valence-corrected chi connectivity index (χ3v) is 5.14. The van der Waals surface area contributed by atoms with Crippen LogP contribution in [0.4, 0.5) is 27.6 Å². The van der Waals surface area contributed by atoms with Gasteiger partial charge in [-0.3, -0.25) is 9.78 Å². The summed E-state index contributed by atoms with van der Waals surface area (Å²) >= 11 is 0. The average Bonchev–Trinajstić information content (AvgIpc) is 3.24. The lowest BCUT2D eigenvalue weighted by molar-refractivity contribution is -0.192. The van der Waals surface area contributed by atoms with Gasteiger partial charge in [0, 0.05) is 61.5 Å². The number of carboxylic acid groups (broad SMARTS) is 1. The maximum atomic E-state index is 14.3. The van der Waals surface area contributed by atoms with E-state index in [0.717, 1.165) is 23.4 Å². The monoisotopic (exact) mass is 508 g/mol. The highest BCUT2D eigenvalue weighted by Gasteiger charge is 2.38. The SMILES string of the molecule is CN(C)c1cc(F)c(/C=C/c2cc(-c3cc4c([nH]3)CCNC4=O)ccn2)c(F)c1.O=C(O)C(F)(F)F. The number of nitrogens with one attached hydrogen (secondary N) is 2. The maximum Gasteiger partial charge on any atom is 0.490 e. The van der Waals surface area contributed by atoms with Crippen LogP contribution < -0.4 is 10.2 Å². The molecular weight excluding hydrogens is 487 g/mol. The van der Waals surface area contributed by atoms with Crippen LogP contribution in [0.3, 0.4) is 0 Å². The molecule has 3 heterocycles. The Labute approximate surface area is 202 Å². The zero-order valence-corrected chi connectivity index (χ0v) is 19.1. The number of hydrogen-bond acceptors (Lipinski definition) is 4. The zero-order valence-electron chi connectivity index (χ0n) is 19.1. The van der Waals surface area contributed by atoms with Gasteiger partial charge >= 0.3 is 12.1 Å². The molecule has 0 atom stereocenters. The van der Waals surface area contributed by atoms with Crippen molar-refractivity contribution in [2.45, 2.75) is 12.6 Å². The topological polar surface area (TPSA) is 98.3 Å². The molecule has 12 heteroatoms. The highest BCUT2D eigenvalue weighted by Crippen LogP contribution is 2.26. The number of pyridine rings is 1. The summed E-state index contributed by atoms with van der Waals surface area (Å²) in [7, 11) is 3.45. The summed E-state index contributed by atoms with van der Waals surface area (Å²) in [5.41, 5.74) is 4.08. The predicted octanol–water partition coefficient (Wildman–Crippen LogP) is 4.51. The van der Waals surface area contributed by atoms with E-state index < -0.39 is 23.8 Å². The van der Waals surface area contributed by atoms with Crippen molar-refractivity contribution < 1.29 is 36.6 Å². The smallest absolute Gasteiger partial charge is 0.475 e. The first-order valence-corrected chi connectivity index (χ1v) is 10.5. The van der Waals surface area contributed by atoms with Crippen molar-refractivity contribution in [3.8, 4) is 11.3 Å². The third-order valence-electron chi connectivity index (χ3n) is 5.14. The molecule has 190 valence electrons. The number of aromatic amines is 1. The van der Waals surface area contributed by atoms with E-state index in [0.29, 0.717) is 23.5 Å². The molecule has 0 bridgehead atoms. The number of carbonyl (C=O) groups excluding carboxylic acids is 1. The van der Waals surface area contributed by atoms with Crippen molar-refractivity contribution in [3.05, 3.63) is 70.7 Å². The molecule has 7 nitrogen and oxygen atoms in total. The fraction of sp³-hybridized carbons (Fsp3) is 0.208. The lowest BCUT2D eigenvalue weighted by Crippen LogP contribution is -2.31. The number of carboxylic acids is 1. The minimum absolute atomic E-state index is 0.0879. The van der Waals surface area contributed by atoms with Crippen LogP contribution >= 0.6 is 0 Å². The summed E-state index contributed by atoms with van der Waals surface area (Å²) in [4.78, 5) is 30.0. The largest absolute Gasteiger partial charge is 0.490 e. The van der Waals surface area contributed by atoms with E-state index in [1.54, 1.807) is 37.3 Å². The Balaban J connectivity index is 0.000000454. The number of aliphatic carboxylic acids is 1. The van der Waals surface area contributed by atoms with Gasteiger partial charge in [-0.2, -0.15) is 13.2 Å². The number of halogens is 5. The Morgan fingerprint density at radius 2 is 1.75 bits per heavy atom. The van der Waals surface area contributed by atoms with Crippen molar-refractivity contribution in [3.63, 3.8) is 0 Å². The summed E-state index contributed by atoms with van der Waals surface area (Å²) < 4.78 is 60.3. The van der Waals surface area contributed by atoms with Gasteiger partial charge in [0.25, 0.3) is 5.91 Å². The Morgan fingerprint density at radius 3 is 2.31 bits per heavy atom. The normalized spacial score (nSPS) is 13.0. The molecule has 1 aliphatic heterocycles. The molecule has 36 heavy (non-hydrogen) atoms. The van der Waals surface area contributed by atoms with Gasteiger partial charge in [-0.05, 0) is 42.5 Å². The molecule has 0 spiro atoms. The number of rotatable bonds is 4. The van der Waals surface area contributed by atoms with Crippen molar-refractivity contribution in [2.24, 2.45) is 0 Å². The number of nitrogens with zero attached hydrogens (tertiary/aromatic N) is 2. The maximum absolute atomic E-state index is 14.3. The molecule has 1 aliphatic rings. The van der Waals surface area contributed by atoms with E-state index in [9.17, 15) is 26.7 Å². The van der Waals surface area contributed by atoms with Crippen LogP contribution in [0.2, 0.25) is 0 Å². The highest BCUT2D eigenvalue weighted by molar-refractivity contribution is 5.97. The van der Waals surface area contributed by atoms with Gasteiger partial charge in [0.05, 0.1) is 11.3 Å². The minimum atomic E-state index is -5.08. The summed E-state index contributed by atoms with van der Waals surface area (Å²) in [6.07, 6.45) is 0.233. The quantitative estimate of drug-likeness (QED) is 0.451. The summed E-state index contributed by atoms with van der Waals surface area (Å²) in [5, 5.41) is 9.94. The Kier molecular flexibility index (Phi) is 7.76. The molecule has 0 unspecified atom stereocenters. The summed E-state index contributed by atoms with van der Waals surface area (Å²) in [6, 6.07) is 8.02. The van der Waals surface area contributed by atoms with Gasteiger partial charge in [-0.25, -0.2) is 13.6 Å². The molecule has 1 amide bonds. The van der Waals surface area contributed by atoms with E-state index in [2.05, 4.69) is 15.3 Å². The Morgan fingerprint density at radius 1 is 1.11 bits per heavy atom. The van der Waals surface area contributed by atoms with Crippen LogP contribution in [0.25, 0.3) is 23.4 Å². The number of carbonyl (C=O) groups is 2. The first-order valence-electron chi connectivity index (χ1n) is 10.5. The number of fused-ring (bicyclic) bond motifs is 1. The number of aromatic nitrogens is 2. The molecule has 0 fully saturated rings. The Bertz CT molecular complexity index is 1290. The number of benzene rings is 1. The van der Waals surface area contributed by atoms with Crippen LogP contribution in [-0.2, 0) is 11.2 Å². The van der Waals surface area contributed by atoms with Crippen LogP contribution in [0, 0.1) is 11.6 Å². The first-order chi connectivity index (χ1) is 16.9. The minimum Gasteiger partial charge on any atom is -0.475 e. The third kappa shape index (κ3) is 6.26. The lowest BCUT2D eigenvalue weighted by Gasteiger charge is -2.13. The van der Waals surface area contributed by atoms with Gasteiger partial charge in [-0.1, -0.05) is 0 Å². The number of amides is 1. The van der Waals surface area contributed by atoms with Crippen molar-refractivity contribution >= 4 is 29.7 Å². The second-order valence-corrected chi connectivity index (χ2v) is 7.90. The van der Waals surface area contributed by atoms with E-state index >= 15 is 0 Å². The van der Waals surface area contributed by atoms with Gasteiger partial charge in [-0.15, -0.1) is 0 Å². The fourth-order valence-corrected chi connectivity index (χ4v) is 3.31. The standard InChI is InChI=1S/C22H20F2N4O.C2HF3O2/c1-28(2)15-10-18(23)16(19(24)11-15)4-3-14-9-13(5-7-25-14)21-12-17-20(27-21)6-8-26-22(17)29;3-2(4,5)1(6)7/h3-5,7,9-12,27H,6,8H2,1-2H3,(H,26,29);(H,6,7)/b4-3+;. The van der Waals surface area contributed by atoms with Crippen LogP contribution in [-0.4, -0.2) is 53.8 Å². The van der Waals surface area contributed by atoms with Crippen molar-refractivity contribution in [1.29, 1.82) is 0 Å². The molecule has 4 rings (SSSR count). The molecule has 0 aliphatic carbocycles. The van der Waals surface area contributed by atoms with Crippen LogP contribution in [0.15, 0.2) is 36.5 Å². The van der Waals surface area contributed by atoms with Gasteiger partial charge in [0.15, 0.2) is 0 Å². The number of alkyl halides is 3.